The third-order valence-electron chi connectivity index (χ3n) is 4.29. The highest BCUT2D eigenvalue weighted by molar-refractivity contribution is 5.86. The number of urea groups is 1. The molecule has 6 nitrogen and oxygen atoms in total. The Bertz CT molecular complexity index is 1020. The Kier molecular flexibility index (Phi) is 4.35. The second-order valence-corrected chi connectivity index (χ2v) is 6.04. The summed E-state index contributed by atoms with van der Waals surface area (Å²) in [5.74, 6) is -1.90. The molecule has 1 saturated heterocycles. The molecule has 1 fully saturated rings. The molecule has 0 bridgehead atoms. The SMILES string of the molecule is O=C1NCCN1CCOc1nn(-c2ccc(F)cc2F)c2ccc(F)cc12. The molecule has 3 aromatic rings. The summed E-state index contributed by atoms with van der Waals surface area (Å²) in [7, 11) is 0. The molecule has 4 rings (SSSR count). The molecule has 1 aromatic heterocycles. The van der Waals surface area contributed by atoms with E-state index in [0.29, 0.717) is 30.5 Å². The van der Waals surface area contributed by atoms with Crippen molar-refractivity contribution in [3.8, 4) is 11.6 Å². The molecule has 0 radical (unpaired) electrons. The van der Waals surface area contributed by atoms with E-state index in [1.165, 1.54) is 28.9 Å². The number of hydrogen-bond acceptors (Lipinski definition) is 3. The van der Waals surface area contributed by atoms with E-state index < -0.39 is 17.5 Å². The number of rotatable bonds is 5. The first-order valence-electron chi connectivity index (χ1n) is 8.32. The molecule has 0 spiro atoms. The van der Waals surface area contributed by atoms with Gasteiger partial charge in [-0.15, -0.1) is 5.10 Å². The number of carbonyl (C=O) groups is 1. The summed E-state index contributed by atoms with van der Waals surface area (Å²) >= 11 is 0. The third-order valence-corrected chi connectivity index (χ3v) is 4.29. The average Bonchev–Trinajstić information content (AvgIpc) is 3.19. The van der Waals surface area contributed by atoms with Gasteiger partial charge in [-0.25, -0.2) is 22.6 Å². The number of halogens is 3. The monoisotopic (exact) mass is 376 g/mol. The Hall–Kier alpha value is -3.23. The quantitative estimate of drug-likeness (QED) is 0.745. The van der Waals surface area contributed by atoms with Crippen LogP contribution in [0.2, 0.25) is 0 Å². The van der Waals surface area contributed by atoms with Gasteiger partial charge >= 0.3 is 6.03 Å². The Labute approximate surface area is 152 Å². The Morgan fingerprint density at radius 3 is 2.63 bits per heavy atom. The summed E-state index contributed by atoms with van der Waals surface area (Å²) in [6.45, 7) is 1.63. The van der Waals surface area contributed by atoms with Gasteiger partial charge in [-0.05, 0) is 30.3 Å². The van der Waals surface area contributed by atoms with Crippen molar-refractivity contribution in [1.29, 1.82) is 0 Å². The molecule has 0 atom stereocenters. The fraction of sp³-hybridized carbons (Fsp3) is 0.222. The van der Waals surface area contributed by atoms with Gasteiger partial charge in [0.25, 0.3) is 0 Å². The molecule has 2 heterocycles. The summed E-state index contributed by atoms with van der Waals surface area (Å²) in [4.78, 5) is 13.1. The largest absolute Gasteiger partial charge is 0.474 e. The van der Waals surface area contributed by atoms with Crippen molar-refractivity contribution >= 4 is 16.9 Å². The van der Waals surface area contributed by atoms with Crippen LogP contribution in [0, 0.1) is 17.5 Å². The zero-order valence-corrected chi connectivity index (χ0v) is 14.1. The van der Waals surface area contributed by atoms with Gasteiger partial charge in [0, 0.05) is 19.2 Å². The third kappa shape index (κ3) is 3.27. The van der Waals surface area contributed by atoms with E-state index in [1.54, 1.807) is 4.90 Å². The molecule has 27 heavy (non-hydrogen) atoms. The fourth-order valence-electron chi connectivity index (χ4n) is 2.98. The van der Waals surface area contributed by atoms with Crippen LogP contribution in [0.4, 0.5) is 18.0 Å². The van der Waals surface area contributed by atoms with E-state index in [1.807, 2.05) is 0 Å². The van der Waals surface area contributed by atoms with Gasteiger partial charge in [0.2, 0.25) is 5.88 Å². The molecule has 1 aliphatic rings. The van der Waals surface area contributed by atoms with Crippen LogP contribution in [0.3, 0.4) is 0 Å². The minimum absolute atomic E-state index is 0.0155. The maximum atomic E-state index is 14.2. The number of ether oxygens (including phenoxy) is 1. The Balaban J connectivity index is 1.66. The van der Waals surface area contributed by atoms with Gasteiger partial charge in [0.1, 0.15) is 23.9 Å². The van der Waals surface area contributed by atoms with Crippen molar-refractivity contribution in [3.05, 3.63) is 53.8 Å². The number of carbonyl (C=O) groups excluding carboxylic acids is 1. The van der Waals surface area contributed by atoms with Gasteiger partial charge in [-0.2, -0.15) is 0 Å². The van der Waals surface area contributed by atoms with Crippen molar-refractivity contribution in [3.63, 3.8) is 0 Å². The van der Waals surface area contributed by atoms with Crippen molar-refractivity contribution < 1.29 is 22.7 Å². The van der Waals surface area contributed by atoms with Crippen LogP contribution >= 0.6 is 0 Å². The molecule has 2 aromatic carbocycles. The second-order valence-electron chi connectivity index (χ2n) is 6.04. The lowest BCUT2D eigenvalue weighted by Crippen LogP contribution is -2.31. The van der Waals surface area contributed by atoms with Gasteiger partial charge < -0.3 is 15.0 Å². The maximum absolute atomic E-state index is 14.2. The molecular weight excluding hydrogens is 361 g/mol. The zero-order valence-electron chi connectivity index (χ0n) is 14.1. The van der Waals surface area contributed by atoms with Crippen LogP contribution in [0.5, 0.6) is 5.88 Å². The summed E-state index contributed by atoms with van der Waals surface area (Å²) < 4.78 is 48.0. The molecule has 2 amide bonds. The van der Waals surface area contributed by atoms with E-state index in [4.69, 9.17) is 4.74 Å². The summed E-state index contributed by atoms with van der Waals surface area (Å²) in [5, 5.41) is 7.25. The summed E-state index contributed by atoms with van der Waals surface area (Å²) in [5.41, 5.74) is 0.428. The second kappa shape index (κ2) is 6.82. The van der Waals surface area contributed by atoms with E-state index >= 15 is 0 Å². The Morgan fingerprint density at radius 2 is 1.89 bits per heavy atom. The van der Waals surface area contributed by atoms with Crippen molar-refractivity contribution in [1.82, 2.24) is 20.0 Å². The van der Waals surface area contributed by atoms with Crippen LogP contribution in [-0.2, 0) is 0 Å². The van der Waals surface area contributed by atoms with E-state index in [0.717, 1.165) is 12.1 Å². The van der Waals surface area contributed by atoms with Crippen LogP contribution in [0.1, 0.15) is 0 Å². The lowest BCUT2D eigenvalue weighted by molar-refractivity contribution is 0.201. The minimum atomic E-state index is -0.802. The van der Waals surface area contributed by atoms with Crippen LogP contribution in [-0.4, -0.2) is 47.0 Å². The van der Waals surface area contributed by atoms with E-state index in [9.17, 15) is 18.0 Å². The van der Waals surface area contributed by atoms with E-state index in [2.05, 4.69) is 10.4 Å². The normalized spacial score (nSPS) is 14.0. The van der Waals surface area contributed by atoms with E-state index in [-0.39, 0.29) is 24.2 Å². The van der Waals surface area contributed by atoms with Crippen molar-refractivity contribution in [2.24, 2.45) is 0 Å². The molecule has 9 heteroatoms. The number of aromatic nitrogens is 2. The zero-order chi connectivity index (χ0) is 19.0. The van der Waals surface area contributed by atoms with Crippen LogP contribution < -0.4 is 10.1 Å². The van der Waals surface area contributed by atoms with Crippen molar-refractivity contribution in [2.45, 2.75) is 0 Å². The number of hydrogen-bond donors (Lipinski definition) is 1. The van der Waals surface area contributed by atoms with Gasteiger partial charge in [-0.3, -0.25) is 0 Å². The molecule has 0 saturated carbocycles. The van der Waals surface area contributed by atoms with Crippen LogP contribution in [0.15, 0.2) is 36.4 Å². The number of fused-ring (bicyclic) bond motifs is 1. The highest BCUT2D eigenvalue weighted by atomic mass is 19.1. The maximum Gasteiger partial charge on any atom is 0.317 e. The number of benzene rings is 2. The first-order chi connectivity index (χ1) is 13.0. The highest BCUT2D eigenvalue weighted by Crippen LogP contribution is 2.29. The predicted octanol–water partition coefficient (Wildman–Crippen LogP) is 2.85. The van der Waals surface area contributed by atoms with Gasteiger partial charge in [0.05, 0.1) is 17.4 Å². The molecule has 1 aliphatic heterocycles. The number of nitrogens with one attached hydrogen (secondary N) is 1. The number of amides is 2. The smallest absolute Gasteiger partial charge is 0.317 e. The molecule has 0 unspecified atom stereocenters. The Morgan fingerprint density at radius 1 is 1.11 bits per heavy atom. The molecule has 140 valence electrons. The minimum Gasteiger partial charge on any atom is -0.474 e. The summed E-state index contributed by atoms with van der Waals surface area (Å²) in [6.07, 6.45) is 0. The highest BCUT2D eigenvalue weighted by Gasteiger charge is 2.20. The van der Waals surface area contributed by atoms with Crippen LogP contribution in [0.25, 0.3) is 16.6 Å². The standard InChI is InChI=1S/C18H15F3N4O2/c19-11-1-3-15-13(9-11)17(27-8-7-24-6-5-22-18(24)26)23-25(15)16-4-2-12(20)10-14(16)21/h1-4,9-10H,5-8H2,(H,22,26). The predicted molar refractivity (Wildman–Crippen MR) is 91.4 cm³/mol. The van der Waals surface area contributed by atoms with Gasteiger partial charge in [-0.1, -0.05) is 0 Å². The fourth-order valence-corrected chi connectivity index (χ4v) is 2.98. The first-order valence-corrected chi connectivity index (χ1v) is 8.32. The molecular formula is C18H15F3N4O2. The molecule has 0 aliphatic carbocycles. The molecule has 1 N–H and O–H groups in total. The van der Waals surface area contributed by atoms with Gasteiger partial charge in [0.15, 0.2) is 5.82 Å². The lowest BCUT2D eigenvalue weighted by Gasteiger charge is -2.13. The lowest BCUT2D eigenvalue weighted by atomic mass is 10.2. The summed E-state index contributed by atoms with van der Waals surface area (Å²) in [6, 6.07) is 6.84. The topological polar surface area (TPSA) is 59.4 Å². The first kappa shape index (κ1) is 17.2. The average molecular weight is 376 g/mol. The number of nitrogens with zero attached hydrogens (tertiary/aromatic N) is 3. The van der Waals surface area contributed by atoms with Crippen molar-refractivity contribution in [2.75, 3.05) is 26.2 Å².